The zero-order chi connectivity index (χ0) is 22.0. The summed E-state index contributed by atoms with van der Waals surface area (Å²) in [5.41, 5.74) is 1.61. The maximum atomic E-state index is 13.1. The molecule has 31 heavy (non-hydrogen) atoms. The van der Waals surface area contributed by atoms with Gasteiger partial charge in [0.05, 0.1) is 22.8 Å². The van der Waals surface area contributed by atoms with Gasteiger partial charge in [0, 0.05) is 30.2 Å². The average Bonchev–Trinajstić information content (AvgIpc) is 3.22. The quantitative estimate of drug-likeness (QED) is 0.630. The molecule has 0 spiro atoms. The van der Waals surface area contributed by atoms with Crippen molar-refractivity contribution in [3.05, 3.63) is 59.6 Å². The van der Waals surface area contributed by atoms with Gasteiger partial charge in [0.1, 0.15) is 5.69 Å². The second-order valence-corrected chi connectivity index (χ2v) is 10.1. The maximum Gasteiger partial charge on any atom is 0.257 e. The third-order valence-corrected chi connectivity index (χ3v) is 7.36. The van der Waals surface area contributed by atoms with Gasteiger partial charge in [-0.15, -0.1) is 11.3 Å². The summed E-state index contributed by atoms with van der Waals surface area (Å²) in [7, 11) is -3.74. The van der Waals surface area contributed by atoms with E-state index in [-0.39, 0.29) is 35.8 Å². The minimum absolute atomic E-state index is 0.0785. The van der Waals surface area contributed by atoms with E-state index in [0.29, 0.717) is 16.5 Å². The molecule has 10 heteroatoms. The summed E-state index contributed by atoms with van der Waals surface area (Å²) in [6.45, 7) is 4.24. The highest BCUT2D eigenvalue weighted by atomic mass is 32.2. The molecule has 1 saturated heterocycles. The van der Waals surface area contributed by atoms with Crippen molar-refractivity contribution in [2.45, 2.75) is 31.0 Å². The summed E-state index contributed by atoms with van der Waals surface area (Å²) in [5, 5.41) is 4.95. The Kier molecular flexibility index (Phi) is 6.15. The van der Waals surface area contributed by atoms with Crippen LogP contribution in [0.4, 0.5) is 5.13 Å². The lowest BCUT2D eigenvalue weighted by atomic mass is 10.2. The van der Waals surface area contributed by atoms with Crippen LogP contribution in [0.1, 0.15) is 24.2 Å². The van der Waals surface area contributed by atoms with E-state index in [1.807, 2.05) is 32.0 Å². The molecular weight excluding hydrogens is 436 g/mol. The summed E-state index contributed by atoms with van der Waals surface area (Å²) >= 11 is 1.28. The van der Waals surface area contributed by atoms with Gasteiger partial charge in [-0.25, -0.2) is 13.4 Å². The number of pyridine rings is 1. The summed E-state index contributed by atoms with van der Waals surface area (Å²) in [6, 6.07) is 11.5. The Balaban J connectivity index is 1.52. The van der Waals surface area contributed by atoms with Gasteiger partial charge in [0.25, 0.3) is 5.91 Å². The molecule has 1 aliphatic rings. The maximum absolute atomic E-state index is 13.1. The fourth-order valence-electron chi connectivity index (χ4n) is 3.41. The minimum atomic E-state index is -3.74. The van der Waals surface area contributed by atoms with Crippen molar-refractivity contribution in [2.24, 2.45) is 0 Å². The van der Waals surface area contributed by atoms with Crippen molar-refractivity contribution in [1.29, 1.82) is 0 Å². The Morgan fingerprint density at radius 2 is 1.90 bits per heavy atom. The van der Waals surface area contributed by atoms with Crippen molar-refractivity contribution in [2.75, 3.05) is 18.4 Å². The molecular formula is C21H22N4O4S2. The Bertz CT molecular complexity index is 1170. The minimum Gasteiger partial charge on any atom is -0.373 e. The number of ether oxygens (including phenoxy) is 1. The number of benzene rings is 1. The predicted molar refractivity (Wildman–Crippen MR) is 119 cm³/mol. The molecule has 1 amide bonds. The van der Waals surface area contributed by atoms with Gasteiger partial charge in [0.2, 0.25) is 10.0 Å². The Hall–Kier alpha value is -2.66. The molecule has 2 aromatic heterocycles. The molecule has 1 aromatic carbocycles. The van der Waals surface area contributed by atoms with Gasteiger partial charge < -0.3 is 4.74 Å². The number of hydrogen-bond donors (Lipinski definition) is 1. The first-order valence-corrected chi connectivity index (χ1v) is 12.1. The normalized spacial score (nSPS) is 19.8. The number of morpholine rings is 1. The van der Waals surface area contributed by atoms with E-state index in [9.17, 15) is 13.2 Å². The number of sulfonamides is 1. The molecule has 8 nitrogen and oxygen atoms in total. The van der Waals surface area contributed by atoms with Gasteiger partial charge in [-0.05, 0) is 44.2 Å². The van der Waals surface area contributed by atoms with Gasteiger partial charge >= 0.3 is 0 Å². The number of hydrogen-bond acceptors (Lipinski definition) is 7. The third-order valence-electron chi connectivity index (χ3n) is 4.77. The van der Waals surface area contributed by atoms with Crippen LogP contribution in [0.3, 0.4) is 0 Å². The van der Waals surface area contributed by atoms with Crippen LogP contribution in [0.5, 0.6) is 0 Å². The van der Waals surface area contributed by atoms with E-state index in [1.165, 1.54) is 27.8 Å². The molecule has 0 saturated carbocycles. The lowest BCUT2D eigenvalue weighted by Crippen LogP contribution is -2.48. The van der Waals surface area contributed by atoms with E-state index in [1.54, 1.807) is 23.7 Å². The smallest absolute Gasteiger partial charge is 0.257 e. The van der Waals surface area contributed by atoms with Crippen molar-refractivity contribution >= 4 is 32.4 Å². The first kappa shape index (κ1) is 21.6. The van der Waals surface area contributed by atoms with Crippen LogP contribution >= 0.6 is 11.3 Å². The summed E-state index contributed by atoms with van der Waals surface area (Å²) in [4.78, 5) is 21.4. The first-order chi connectivity index (χ1) is 14.8. The lowest BCUT2D eigenvalue weighted by molar-refractivity contribution is -0.0440. The monoisotopic (exact) mass is 458 g/mol. The molecule has 0 aliphatic carbocycles. The van der Waals surface area contributed by atoms with Crippen LogP contribution in [0.25, 0.3) is 11.4 Å². The Morgan fingerprint density at radius 3 is 2.61 bits per heavy atom. The van der Waals surface area contributed by atoms with Crippen LogP contribution in [-0.2, 0) is 14.8 Å². The molecule has 3 heterocycles. The van der Waals surface area contributed by atoms with Crippen LogP contribution in [0.15, 0.2) is 58.9 Å². The molecule has 1 aliphatic heterocycles. The second-order valence-electron chi connectivity index (χ2n) is 7.31. The molecule has 3 aromatic rings. The first-order valence-electron chi connectivity index (χ1n) is 9.77. The van der Waals surface area contributed by atoms with Crippen molar-refractivity contribution in [3.8, 4) is 11.4 Å². The molecule has 2 atom stereocenters. The molecule has 0 bridgehead atoms. The predicted octanol–water partition coefficient (Wildman–Crippen LogP) is 3.26. The van der Waals surface area contributed by atoms with Crippen LogP contribution < -0.4 is 5.32 Å². The fraction of sp³-hybridized carbons (Fsp3) is 0.286. The second kappa shape index (κ2) is 8.83. The van der Waals surface area contributed by atoms with E-state index < -0.39 is 15.9 Å². The summed E-state index contributed by atoms with van der Waals surface area (Å²) < 4.78 is 33.2. The number of nitrogens with zero attached hydrogens (tertiary/aromatic N) is 3. The van der Waals surface area contributed by atoms with Crippen molar-refractivity contribution < 1.29 is 17.9 Å². The highest BCUT2D eigenvalue weighted by Crippen LogP contribution is 2.25. The lowest BCUT2D eigenvalue weighted by Gasteiger charge is -2.34. The fourth-order valence-corrected chi connectivity index (χ4v) is 5.74. The van der Waals surface area contributed by atoms with Crippen LogP contribution in [0, 0.1) is 0 Å². The summed E-state index contributed by atoms with van der Waals surface area (Å²) in [5.74, 6) is -0.428. The molecule has 0 unspecified atom stereocenters. The number of amides is 1. The van der Waals surface area contributed by atoms with Gasteiger partial charge in [0.15, 0.2) is 5.13 Å². The number of carbonyl (C=O) groups excluding carboxylic acids is 1. The third kappa shape index (κ3) is 4.82. The molecule has 1 fully saturated rings. The number of carbonyl (C=O) groups is 1. The van der Waals surface area contributed by atoms with E-state index in [0.717, 1.165) is 0 Å². The van der Waals surface area contributed by atoms with E-state index >= 15 is 0 Å². The van der Waals surface area contributed by atoms with E-state index in [2.05, 4.69) is 15.3 Å². The number of anilines is 1. The van der Waals surface area contributed by atoms with Crippen LogP contribution in [0.2, 0.25) is 0 Å². The number of rotatable bonds is 5. The van der Waals surface area contributed by atoms with Gasteiger partial charge in [-0.1, -0.05) is 12.1 Å². The average molecular weight is 459 g/mol. The molecule has 0 radical (unpaired) electrons. The van der Waals surface area contributed by atoms with Gasteiger partial charge in [-0.2, -0.15) is 4.31 Å². The zero-order valence-corrected chi connectivity index (χ0v) is 18.7. The zero-order valence-electron chi connectivity index (χ0n) is 17.1. The number of nitrogens with one attached hydrogen (secondary N) is 1. The van der Waals surface area contributed by atoms with Crippen molar-refractivity contribution in [3.63, 3.8) is 0 Å². The van der Waals surface area contributed by atoms with Crippen LogP contribution in [-0.4, -0.2) is 53.9 Å². The largest absolute Gasteiger partial charge is 0.373 e. The molecule has 162 valence electrons. The molecule has 1 N–H and O–H groups in total. The number of thiazole rings is 1. The van der Waals surface area contributed by atoms with Gasteiger partial charge in [-0.3, -0.25) is 15.1 Å². The standard InChI is InChI=1S/C21H22N4O4S2/c1-14-11-25(12-15(2)29-14)31(27,28)17-7-5-6-16(10-17)20(26)24-21-23-19(13-30-21)18-8-3-4-9-22-18/h3-10,13-15H,11-12H2,1-2H3,(H,23,24,26)/t14-,15-/m1/s1. The topological polar surface area (TPSA) is 101 Å². The summed E-state index contributed by atoms with van der Waals surface area (Å²) in [6.07, 6.45) is 1.29. The molecule has 4 rings (SSSR count). The SMILES string of the molecule is C[C@@H]1CN(S(=O)(=O)c2cccc(C(=O)Nc3nc(-c4ccccn4)cs3)c2)C[C@@H](C)O1. The van der Waals surface area contributed by atoms with E-state index in [4.69, 9.17) is 4.74 Å². The highest BCUT2D eigenvalue weighted by molar-refractivity contribution is 7.89. The van der Waals surface area contributed by atoms with Crippen molar-refractivity contribution in [1.82, 2.24) is 14.3 Å². The Labute approximate surface area is 185 Å². The highest BCUT2D eigenvalue weighted by Gasteiger charge is 2.32. The Morgan fingerprint density at radius 1 is 1.13 bits per heavy atom. The number of aromatic nitrogens is 2.